The minimum Gasteiger partial charge on any atom is -0.298 e. The Morgan fingerprint density at radius 3 is 2.53 bits per heavy atom. The average Bonchev–Trinajstić information content (AvgIpc) is 2.46. The van der Waals surface area contributed by atoms with E-state index in [9.17, 15) is 9.59 Å². The third-order valence-corrected chi connectivity index (χ3v) is 3.15. The zero-order chi connectivity index (χ0) is 13.7. The van der Waals surface area contributed by atoms with E-state index in [1.165, 1.54) is 0 Å². The number of carbonyl (C=O) groups is 2. The minimum atomic E-state index is 0.0404. The lowest BCUT2D eigenvalue weighted by Crippen LogP contribution is -2.01. The Labute approximate surface area is 117 Å². The van der Waals surface area contributed by atoms with Crippen LogP contribution in [0.2, 0.25) is 5.02 Å². The summed E-state index contributed by atoms with van der Waals surface area (Å²) in [6.07, 6.45) is 1.83. The van der Waals surface area contributed by atoms with E-state index in [1.54, 1.807) is 24.3 Å². The molecule has 2 rings (SSSR count). The summed E-state index contributed by atoms with van der Waals surface area (Å²) in [5.41, 5.74) is 2.18. The van der Waals surface area contributed by atoms with E-state index in [1.807, 2.05) is 24.3 Å². The van der Waals surface area contributed by atoms with Crippen LogP contribution in [0.1, 0.15) is 32.7 Å². The number of aldehydes is 1. The van der Waals surface area contributed by atoms with Gasteiger partial charge >= 0.3 is 0 Å². The maximum absolute atomic E-state index is 12.0. The van der Waals surface area contributed by atoms with Crippen molar-refractivity contribution in [1.82, 2.24) is 0 Å². The number of hydrogen-bond donors (Lipinski definition) is 0. The van der Waals surface area contributed by atoms with E-state index in [0.717, 1.165) is 11.8 Å². The van der Waals surface area contributed by atoms with Gasteiger partial charge in [0.05, 0.1) is 0 Å². The van der Waals surface area contributed by atoms with Crippen molar-refractivity contribution in [2.45, 2.75) is 12.8 Å². The summed E-state index contributed by atoms with van der Waals surface area (Å²) in [7, 11) is 0. The maximum Gasteiger partial charge on any atom is 0.163 e. The van der Waals surface area contributed by atoms with Crippen molar-refractivity contribution in [3.63, 3.8) is 0 Å². The molecule has 0 aliphatic heterocycles. The Kier molecular flexibility index (Phi) is 4.48. The summed E-state index contributed by atoms with van der Waals surface area (Å²) < 4.78 is 0. The minimum absolute atomic E-state index is 0.0404. The smallest absolute Gasteiger partial charge is 0.163 e. The fraction of sp³-hybridized carbons (Fsp3) is 0.125. The Hall–Kier alpha value is -1.93. The molecule has 0 saturated heterocycles. The third kappa shape index (κ3) is 3.76. The molecular formula is C16H13ClO2. The first kappa shape index (κ1) is 13.5. The van der Waals surface area contributed by atoms with Crippen LogP contribution in [0.15, 0.2) is 48.5 Å². The van der Waals surface area contributed by atoms with Crippen LogP contribution in [0.3, 0.4) is 0 Å². The predicted molar refractivity (Wildman–Crippen MR) is 75.9 cm³/mol. The van der Waals surface area contributed by atoms with Crippen molar-refractivity contribution >= 4 is 23.7 Å². The first-order valence-corrected chi connectivity index (χ1v) is 6.40. The van der Waals surface area contributed by atoms with Crippen LogP contribution < -0.4 is 0 Å². The van der Waals surface area contributed by atoms with Crippen molar-refractivity contribution in [2.75, 3.05) is 0 Å². The van der Waals surface area contributed by atoms with E-state index in [0.29, 0.717) is 29.0 Å². The molecule has 2 nitrogen and oxygen atoms in total. The fourth-order valence-corrected chi connectivity index (χ4v) is 1.96. The highest BCUT2D eigenvalue weighted by Gasteiger charge is 2.06. The molecule has 0 bridgehead atoms. The number of halogens is 1. The highest BCUT2D eigenvalue weighted by atomic mass is 35.5. The summed E-state index contributed by atoms with van der Waals surface area (Å²) in [6, 6.07) is 14.2. The van der Waals surface area contributed by atoms with Crippen LogP contribution in [0, 0.1) is 0 Å². The Bertz CT molecular complexity index is 588. The van der Waals surface area contributed by atoms with Crippen LogP contribution in [0.25, 0.3) is 0 Å². The molecule has 2 aromatic carbocycles. The highest BCUT2D eigenvalue weighted by Crippen LogP contribution is 2.13. The molecule has 19 heavy (non-hydrogen) atoms. The molecule has 2 aromatic rings. The second-order valence-electron chi connectivity index (χ2n) is 4.29. The molecule has 0 unspecified atom stereocenters. The largest absolute Gasteiger partial charge is 0.298 e. The van der Waals surface area contributed by atoms with E-state index in [4.69, 9.17) is 11.6 Å². The Morgan fingerprint density at radius 1 is 1.11 bits per heavy atom. The van der Waals surface area contributed by atoms with Gasteiger partial charge in [-0.05, 0) is 30.2 Å². The lowest BCUT2D eigenvalue weighted by molar-refractivity contribution is 0.0983. The molecule has 0 aliphatic carbocycles. The number of carbonyl (C=O) groups excluding carboxylic acids is 2. The Balaban J connectivity index is 2.00. The van der Waals surface area contributed by atoms with Crippen molar-refractivity contribution in [2.24, 2.45) is 0 Å². The topological polar surface area (TPSA) is 34.1 Å². The van der Waals surface area contributed by atoms with Gasteiger partial charge in [-0.1, -0.05) is 41.9 Å². The quantitative estimate of drug-likeness (QED) is 0.610. The van der Waals surface area contributed by atoms with Crippen LogP contribution in [0.4, 0.5) is 0 Å². The molecule has 0 heterocycles. The molecule has 3 heteroatoms. The van der Waals surface area contributed by atoms with Crippen LogP contribution >= 0.6 is 11.6 Å². The second kappa shape index (κ2) is 6.30. The number of hydrogen-bond acceptors (Lipinski definition) is 2. The molecule has 96 valence electrons. The lowest BCUT2D eigenvalue weighted by atomic mass is 10.0. The first-order valence-electron chi connectivity index (χ1n) is 6.02. The maximum atomic E-state index is 12.0. The molecule has 0 saturated carbocycles. The van der Waals surface area contributed by atoms with E-state index in [2.05, 4.69) is 0 Å². The molecule has 0 spiro atoms. The average molecular weight is 273 g/mol. The predicted octanol–water partition coefficient (Wildman–Crippen LogP) is 3.97. The summed E-state index contributed by atoms with van der Waals surface area (Å²) in [5.74, 6) is 0.0404. The van der Waals surface area contributed by atoms with Gasteiger partial charge in [0.25, 0.3) is 0 Å². The van der Waals surface area contributed by atoms with Crippen LogP contribution in [0.5, 0.6) is 0 Å². The van der Waals surface area contributed by atoms with Crippen molar-refractivity contribution in [1.29, 1.82) is 0 Å². The van der Waals surface area contributed by atoms with Gasteiger partial charge in [0, 0.05) is 22.6 Å². The van der Waals surface area contributed by atoms with Gasteiger partial charge in [0.15, 0.2) is 5.78 Å². The van der Waals surface area contributed by atoms with Crippen LogP contribution in [-0.2, 0) is 6.42 Å². The van der Waals surface area contributed by atoms with Crippen molar-refractivity contribution in [3.05, 3.63) is 70.2 Å². The van der Waals surface area contributed by atoms with Gasteiger partial charge in [-0.2, -0.15) is 0 Å². The molecule has 0 fully saturated rings. The summed E-state index contributed by atoms with van der Waals surface area (Å²) in [6.45, 7) is 0. The zero-order valence-electron chi connectivity index (χ0n) is 10.3. The van der Waals surface area contributed by atoms with Gasteiger partial charge in [0.2, 0.25) is 0 Å². The van der Waals surface area contributed by atoms with Gasteiger partial charge in [-0.25, -0.2) is 0 Å². The summed E-state index contributed by atoms with van der Waals surface area (Å²) >= 11 is 5.80. The molecule has 0 atom stereocenters. The van der Waals surface area contributed by atoms with Gasteiger partial charge < -0.3 is 0 Å². The molecule has 0 radical (unpaired) electrons. The van der Waals surface area contributed by atoms with E-state index < -0.39 is 0 Å². The number of aryl methyl sites for hydroxylation is 1. The van der Waals surface area contributed by atoms with Crippen molar-refractivity contribution in [3.8, 4) is 0 Å². The number of ketones is 1. The van der Waals surface area contributed by atoms with Gasteiger partial charge in [-0.3, -0.25) is 9.59 Å². The van der Waals surface area contributed by atoms with Crippen molar-refractivity contribution < 1.29 is 9.59 Å². The summed E-state index contributed by atoms with van der Waals surface area (Å²) in [5, 5.41) is 0.689. The van der Waals surface area contributed by atoms with Crippen LogP contribution in [-0.4, -0.2) is 12.1 Å². The van der Waals surface area contributed by atoms with Gasteiger partial charge in [0.1, 0.15) is 6.29 Å². The monoisotopic (exact) mass is 272 g/mol. The van der Waals surface area contributed by atoms with E-state index in [-0.39, 0.29) is 5.78 Å². The zero-order valence-corrected chi connectivity index (χ0v) is 11.1. The standard InChI is InChI=1S/C16H13ClO2/c17-15-7-4-12(5-8-15)6-9-16(19)14-3-1-2-13(10-14)11-18/h1-5,7-8,10-11H,6,9H2. The molecule has 0 aromatic heterocycles. The number of benzene rings is 2. The van der Waals surface area contributed by atoms with Gasteiger partial charge in [-0.15, -0.1) is 0 Å². The molecular weight excluding hydrogens is 260 g/mol. The molecule has 0 aliphatic rings. The van der Waals surface area contributed by atoms with E-state index >= 15 is 0 Å². The third-order valence-electron chi connectivity index (χ3n) is 2.90. The normalized spacial score (nSPS) is 10.2. The fourth-order valence-electron chi connectivity index (χ4n) is 1.84. The number of Topliss-reactive ketones (excluding diaryl/α,β-unsaturated/α-hetero) is 1. The lowest BCUT2D eigenvalue weighted by Gasteiger charge is -2.03. The molecule has 0 amide bonds. The first-order chi connectivity index (χ1) is 9.19. The highest BCUT2D eigenvalue weighted by molar-refractivity contribution is 6.30. The molecule has 0 N–H and O–H groups in total. The number of rotatable bonds is 5. The SMILES string of the molecule is O=Cc1cccc(C(=O)CCc2ccc(Cl)cc2)c1. The Morgan fingerprint density at radius 2 is 1.84 bits per heavy atom. The summed E-state index contributed by atoms with van der Waals surface area (Å²) in [4.78, 5) is 22.7. The second-order valence-corrected chi connectivity index (χ2v) is 4.73.